The van der Waals surface area contributed by atoms with E-state index in [0.717, 1.165) is 37.6 Å². The van der Waals surface area contributed by atoms with Crippen molar-refractivity contribution in [2.75, 3.05) is 37.7 Å². The predicted molar refractivity (Wildman–Crippen MR) is 106 cm³/mol. The molecule has 27 heavy (non-hydrogen) atoms. The van der Waals surface area contributed by atoms with E-state index in [0.29, 0.717) is 6.61 Å². The molecular formula is C20H33N4O3+. The molecule has 1 atom stereocenters. The molecule has 0 bridgehead atoms. The Labute approximate surface area is 162 Å². The lowest BCUT2D eigenvalue weighted by Gasteiger charge is -2.36. The van der Waals surface area contributed by atoms with Gasteiger partial charge in [-0.2, -0.15) is 0 Å². The van der Waals surface area contributed by atoms with Gasteiger partial charge in [0.25, 0.3) is 5.91 Å². The van der Waals surface area contributed by atoms with Gasteiger partial charge >= 0.3 is 6.03 Å². The van der Waals surface area contributed by atoms with Gasteiger partial charge in [0, 0.05) is 5.54 Å². The molecule has 0 radical (unpaired) electrons. The number of hydrogen-bond donors (Lipinski definition) is 3. The molecular weight excluding hydrogens is 344 g/mol. The Morgan fingerprint density at radius 3 is 2.44 bits per heavy atom. The van der Waals surface area contributed by atoms with Crippen LogP contribution in [-0.4, -0.2) is 56.3 Å². The van der Waals surface area contributed by atoms with E-state index < -0.39 is 6.03 Å². The highest BCUT2D eigenvalue weighted by Gasteiger charge is 2.31. The lowest BCUT2D eigenvalue weighted by atomic mass is 10.1. The molecule has 1 heterocycles. The van der Waals surface area contributed by atoms with Gasteiger partial charge in [0.15, 0.2) is 6.04 Å². The molecule has 0 aromatic heterocycles. The van der Waals surface area contributed by atoms with Crippen molar-refractivity contribution in [3.8, 4) is 5.75 Å². The highest BCUT2D eigenvalue weighted by atomic mass is 16.5. The van der Waals surface area contributed by atoms with Crippen LogP contribution in [0.3, 0.4) is 0 Å². The van der Waals surface area contributed by atoms with Crippen molar-refractivity contribution < 1.29 is 19.2 Å². The minimum absolute atomic E-state index is 0.241. The van der Waals surface area contributed by atoms with E-state index in [1.165, 1.54) is 4.90 Å². The van der Waals surface area contributed by atoms with E-state index in [4.69, 9.17) is 4.74 Å². The largest absolute Gasteiger partial charge is 0.492 e. The Balaban J connectivity index is 1.89. The maximum absolute atomic E-state index is 12.4. The van der Waals surface area contributed by atoms with Crippen molar-refractivity contribution in [2.24, 2.45) is 0 Å². The van der Waals surface area contributed by atoms with Gasteiger partial charge in [-0.05, 0) is 46.8 Å². The fourth-order valence-electron chi connectivity index (χ4n) is 3.24. The molecule has 7 heteroatoms. The molecule has 2 rings (SSSR count). The minimum Gasteiger partial charge on any atom is -0.492 e. The molecule has 0 saturated carbocycles. The van der Waals surface area contributed by atoms with Crippen LogP contribution in [0.15, 0.2) is 24.3 Å². The summed E-state index contributed by atoms with van der Waals surface area (Å²) in [5, 5.41) is 5.21. The first-order valence-electron chi connectivity index (χ1n) is 9.65. The number of rotatable bonds is 5. The zero-order chi connectivity index (χ0) is 20.0. The number of imide groups is 1. The van der Waals surface area contributed by atoms with Gasteiger partial charge in [-0.25, -0.2) is 4.79 Å². The van der Waals surface area contributed by atoms with E-state index in [-0.39, 0.29) is 17.5 Å². The van der Waals surface area contributed by atoms with Crippen LogP contribution in [-0.2, 0) is 4.79 Å². The Morgan fingerprint density at radius 1 is 1.22 bits per heavy atom. The number of hydrogen-bond acceptors (Lipinski definition) is 4. The second-order valence-electron chi connectivity index (χ2n) is 7.96. The van der Waals surface area contributed by atoms with E-state index in [9.17, 15) is 9.59 Å². The summed E-state index contributed by atoms with van der Waals surface area (Å²) >= 11 is 0. The van der Waals surface area contributed by atoms with Gasteiger partial charge in [0.05, 0.1) is 38.5 Å². The molecule has 7 nitrogen and oxygen atoms in total. The van der Waals surface area contributed by atoms with Crippen molar-refractivity contribution >= 4 is 17.6 Å². The molecule has 1 aromatic carbocycles. The number of para-hydroxylation sites is 2. The van der Waals surface area contributed by atoms with E-state index in [1.807, 2.05) is 52.8 Å². The van der Waals surface area contributed by atoms with Crippen LogP contribution in [0, 0.1) is 0 Å². The van der Waals surface area contributed by atoms with Gasteiger partial charge < -0.3 is 19.9 Å². The summed E-state index contributed by atoms with van der Waals surface area (Å²) in [5.41, 5.74) is 0.722. The molecule has 1 aliphatic rings. The van der Waals surface area contributed by atoms with Gasteiger partial charge in [0.1, 0.15) is 5.75 Å². The van der Waals surface area contributed by atoms with E-state index >= 15 is 0 Å². The third-order valence-electron chi connectivity index (χ3n) is 4.64. The second-order valence-corrected chi connectivity index (χ2v) is 7.96. The standard InChI is InChI=1S/C20H32N4O3/c1-6-27-17-10-8-7-9-16(17)24-13-11-23(12-14-24)15(2)18(25)21-19(26)22-20(3,4)5/h7-10,15H,6,11-14H2,1-5H3,(H2,21,22,25,26)/p+1/t15-/m1/s1. The lowest BCUT2D eigenvalue weighted by Crippen LogP contribution is -3.19. The van der Waals surface area contributed by atoms with Gasteiger partial charge in [-0.3, -0.25) is 10.1 Å². The van der Waals surface area contributed by atoms with Crippen molar-refractivity contribution in [3.05, 3.63) is 24.3 Å². The number of carbonyl (C=O) groups is 2. The van der Waals surface area contributed by atoms with Crippen LogP contribution >= 0.6 is 0 Å². The average molecular weight is 378 g/mol. The van der Waals surface area contributed by atoms with Crippen LogP contribution in [0.25, 0.3) is 0 Å². The quantitative estimate of drug-likeness (QED) is 0.710. The zero-order valence-electron chi connectivity index (χ0n) is 17.1. The number of benzene rings is 1. The highest BCUT2D eigenvalue weighted by Crippen LogP contribution is 2.27. The summed E-state index contributed by atoms with van der Waals surface area (Å²) in [7, 11) is 0. The second kappa shape index (κ2) is 9.08. The third-order valence-corrected chi connectivity index (χ3v) is 4.64. The highest BCUT2D eigenvalue weighted by molar-refractivity contribution is 5.96. The van der Waals surface area contributed by atoms with Gasteiger partial charge in [-0.15, -0.1) is 0 Å². The fourth-order valence-corrected chi connectivity index (χ4v) is 3.24. The Kier molecular flexibility index (Phi) is 7.07. The number of quaternary nitrogens is 1. The third kappa shape index (κ3) is 6.13. The van der Waals surface area contributed by atoms with Crippen molar-refractivity contribution in [1.29, 1.82) is 0 Å². The number of carbonyl (C=O) groups excluding carboxylic acids is 2. The summed E-state index contributed by atoms with van der Waals surface area (Å²) in [5.74, 6) is 0.656. The molecule has 0 unspecified atom stereocenters. The normalized spacial score (nSPS) is 16.6. The molecule has 1 fully saturated rings. The van der Waals surface area contributed by atoms with Gasteiger partial charge in [0.2, 0.25) is 0 Å². The molecule has 1 aliphatic heterocycles. The SMILES string of the molecule is CCOc1ccccc1N1CC[NH+]([C@H](C)C(=O)NC(=O)NC(C)(C)C)CC1. The Hall–Kier alpha value is -2.28. The van der Waals surface area contributed by atoms with Gasteiger partial charge in [-0.1, -0.05) is 12.1 Å². The smallest absolute Gasteiger partial charge is 0.322 e. The fraction of sp³-hybridized carbons (Fsp3) is 0.600. The van der Waals surface area contributed by atoms with Crippen LogP contribution < -0.4 is 25.2 Å². The zero-order valence-corrected chi connectivity index (χ0v) is 17.1. The molecule has 3 amide bonds. The topological polar surface area (TPSA) is 75.1 Å². The number of amides is 3. The number of nitrogens with one attached hydrogen (secondary N) is 3. The number of urea groups is 1. The van der Waals surface area contributed by atoms with Crippen LogP contribution in [0.5, 0.6) is 5.75 Å². The first-order chi connectivity index (χ1) is 12.7. The number of nitrogens with zero attached hydrogens (tertiary/aromatic N) is 1. The molecule has 150 valence electrons. The Morgan fingerprint density at radius 2 is 1.85 bits per heavy atom. The summed E-state index contributed by atoms with van der Waals surface area (Å²) in [6.07, 6.45) is 0. The van der Waals surface area contributed by atoms with Crippen LogP contribution in [0.4, 0.5) is 10.5 Å². The number of anilines is 1. The predicted octanol–water partition coefficient (Wildman–Crippen LogP) is 0.803. The summed E-state index contributed by atoms with van der Waals surface area (Å²) in [6.45, 7) is 13.5. The lowest BCUT2D eigenvalue weighted by molar-refractivity contribution is -0.914. The molecule has 1 saturated heterocycles. The molecule has 0 spiro atoms. The molecule has 0 aliphatic carbocycles. The summed E-state index contributed by atoms with van der Waals surface area (Å²) in [6, 6.07) is 7.33. The van der Waals surface area contributed by atoms with Crippen molar-refractivity contribution in [1.82, 2.24) is 10.6 Å². The van der Waals surface area contributed by atoms with Crippen LogP contribution in [0.1, 0.15) is 34.6 Å². The number of ether oxygens (including phenoxy) is 1. The molecule has 3 N–H and O–H groups in total. The Bertz CT molecular complexity index is 649. The maximum atomic E-state index is 12.4. The maximum Gasteiger partial charge on any atom is 0.322 e. The molecule has 1 aromatic rings. The monoisotopic (exact) mass is 377 g/mol. The number of piperazine rings is 1. The summed E-state index contributed by atoms with van der Waals surface area (Å²) in [4.78, 5) is 27.8. The van der Waals surface area contributed by atoms with E-state index in [2.05, 4.69) is 21.6 Å². The van der Waals surface area contributed by atoms with Crippen LogP contribution in [0.2, 0.25) is 0 Å². The van der Waals surface area contributed by atoms with Crippen molar-refractivity contribution in [3.63, 3.8) is 0 Å². The first kappa shape index (κ1) is 21.0. The van der Waals surface area contributed by atoms with Crippen molar-refractivity contribution in [2.45, 2.75) is 46.2 Å². The van der Waals surface area contributed by atoms with E-state index in [1.54, 1.807) is 0 Å². The minimum atomic E-state index is -0.442. The first-order valence-corrected chi connectivity index (χ1v) is 9.65. The summed E-state index contributed by atoms with van der Waals surface area (Å²) < 4.78 is 5.73. The average Bonchev–Trinajstić information content (AvgIpc) is 2.60.